The lowest BCUT2D eigenvalue weighted by Crippen LogP contribution is -2.36. The lowest BCUT2D eigenvalue weighted by Gasteiger charge is -2.16. The summed E-state index contributed by atoms with van der Waals surface area (Å²) in [5.41, 5.74) is 2.81. The predicted molar refractivity (Wildman–Crippen MR) is 143 cm³/mol. The third kappa shape index (κ3) is 7.99. The first kappa shape index (κ1) is 26.6. The number of halogens is 1. The van der Waals surface area contributed by atoms with Crippen molar-refractivity contribution in [3.05, 3.63) is 53.6 Å². The van der Waals surface area contributed by atoms with Crippen molar-refractivity contribution < 1.29 is 14.3 Å². The van der Waals surface area contributed by atoms with Gasteiger partial charge >= 0.3 is 6.03 Å². The van der Waals surface area contributed by atoms with Crippen LogP contribution in [0.5, 0.6) is 11.5 Å². The number of likely N-dealkylation sites (tertiary alicyclic amines) is 1. The number of ether oxygens (including phenoxy) is 2. The van der Waals surface area contributed by atoms with Crippen LogP contribution in [0.15, 0.2) is 47.5 Å². The van der Waals surface area contributed by atoms with Gasteiger partial charge in [-0.3, -0.25) is 0 Å². The smallest absolute Gasteiger partial charge is 0.321 e. The minimum absolute atomic E-state index is 0. The van der Waals surface area contributed by atoms with E-state index in [1.165, 1.54) is 0 Å². The van der Waals surface area contributed by atoms with Crippen molar-refractivity contribution in [2.45, 2.75) is 32.9 Å². The summed E-state index contributed by atoms with van der Waals surface area (Å²) in [4.78, 5) is 18.9. The van der Waals surface area contributed by atoms with Gasteiger partial charge in [-0.1, -0.05) is 12.1 Å². The Kier molecular flexibility index (Phi) is 11.1. The van der Waals surface area contributed by atoms with Gasteiger partial charge in [0.2, 0.25) is 0 Å². The Bertz CT molecular complexity index is 932. The van der Waals surface area contributed by atoms with E-state index >= 15 is 0 Å². The van der Waals surface area contributed by atoms with Crippen molar-refractivity contribution >= 4 is 41.7 Å². The first-order chi connectivity index (χ1) is 15.6. The van der Waals surface area contributed by atoms with Crippen LogP contribution >= 0.6 is 24.0 Å². The summed E-state index contributed by atoms with van der Waals surface area (Å²) in [6.45, 7) is 5.48. The highest BCUT2D eigenvalue weighted by Gasteiger charge is 2.17. The summed E-state index contributed by atoms with van der Waals surface area (Å²) in [6, 6.07) is 13.5. The maximum atomic E-state index is 12.3. The number of nitrogens with zero attached hydrogens (tertiary/aromatic N) is 2. The van der Waals surface area contributed by atoms with Crippen LogP contribution < -0.4 is 25.4 Å². The number of anilines is 1. The number of amides is 2. The number of guanidine groups is 1. The number of rotatable bonds is 8. The Balaban J connectivity index is 0.00000385. The van der Waals surface area contributed by atoms with Gasteiger partial charge < -0.3 is 30.3 Å². The van der Waals surface area contributed by atoms with Crippen LogP contribution in [-0.2, 0) is 13.1 Å². The van der Waals surface area contributed by atoms with Crippen molar-refractivity contribution in [2.75, 3.05) is 39.2 Å². The second-order valence-corrected chi connectivity index (χ2v) is 7.55. The van der Waals surface area contributed by atoms with Gasteiger partial charge in [-0.05, 0) is 49.6 Å². The molecule has 0 saturated carbocycles. The molecule has 9 heteroatoms. The van der Waals surface area contributed by atoms with E-state index in [1.807, 2.05) is 54.3 Å². The Morgan fingerprint density at radius 2 is 1.85 bits per heavy atom. The first-order valence-electron chi connectivity index (χ1n) is 11.0. The molecular weight excluding hydrogens is 533 g/mol. The number of carbonyl (C=O) groups is 1. The minimum Gasteiger partial charge on any atom is -0.497 e. The minimum atomic E-state index is -0.0356. The van der Waals surface area contributed by atoms with Crippen LogP contribution in [0.25, 0.3) is 0 Å². The summed E-state index contributed by atoms with van der Waals surface area (Å²) in [7, 11) is 3.28. The molecular formula is C24H34IN5O3. The molecule has 0 aliphatic carbocycles. The van der Waals surface area contributed by atoms with Crippen molar-refractivity contribution in [1.29, 1.82) is 0 Å². The zero-order valence-electron chi connectivity index (χ0n) is 19.5. The topological polar surface area (TPSA) is 87.2 Å². The standard InChI is InChI=1S/C24H33N5O3.HI/c1-4-25-23(27-17-19-10-11-21(31-2)15-22(19)32-3)26-16-18-8-7-9-20(14-18)28-24(30)29-12-5-6-13-29;/h7-11,14-15H,4-6,12-13,16-17H2,1-3H3,(H,28,30)(H2,25,26,27);1H. The fraction of sp³-hybridized carbons (Fsp3) is 0.417. The van der Waals surface area contributed by atoms with Gasteiger partial charge in [-0.2, -0.15) is 0 Å². The summed E-state index contributed by atoms with van der Waals surface area (Å²) < 4.78 is 10.7. The highest BCUT2D eigenvalue weighted by molar-refractivity contribution is 14.0. The van der Waals surface area contributed by atoms with E-state index in [0.717, 1.165) is 60.8 Å². The van der Waals surface area contributed by atoms with Gasteiger partial charge in [0.25, 0.3) is 0 Å². The molecule has 2 aromatic rings. The summed E-state index contributed by atoms with van der Waals surface area (Å²) >= 11 is 0. The van der Waals surface area contributed by atoms with E-state index < -0.39 is 0 Å². The van der Waals surface area contributed by atoms with Gasteiger partial charge in [0, 0.05) is 43.5 Å². The van der Waals surface area contributed by atoms with E-state index in [9.17, 15) is 4.79 Å². The van der Waals surface area contributed by atoms with E-state index in [0.29, 0.717) is 19.0 Å². The molecule has 2 aromatic carbocycles. The lowest BCUT2D eigenvalue weighted by molar-refractivity contribution is 0.222. The van der Waals surface area contributed by atoms with Gasteiger partial charge in [-0.15, -0.1) is 24.0 Å². The highest BCUT2D eigenvalue weighted by atomic mass is 127. The van der Waals surface area contributed by atoms with Crippen LogP contribution in [0.2, 0.25) is 0 Å². The second kappa shape index (κ2) is 13.8. The number of methoxy groups -OCH3 is 2. The molecule has 1 fully saturated rings. The summed E-state index contributed by atoms with van der Waals surface area (Å²) in [5, 5.41) is 9.60. The lowest BCUT2D eigenvalue weighted by atomic mass is 10.2. The Labute approximate surface area is 213 Å². The predicted octanol–water partition coefficient (Wildman–Crippen LogP) is 4.20. The van der Waals surface area contributed by atoms with E-state index in [2.05, 4.69) is 16.0 Å². The number of carbonyl (C=O) groups excluding carboxylic acids is 1. The molecule has 3 N–H and O–H groups in total. The highest BCUT2D eigenvalue weighted by Crippen LogP contribution is 2.24. The average molecular weight is 567 g/mol. The first-order valence-corrected chi connectivity index (χ1v) is 11.0. The molecule has 1 aliphatic heterocycles. The van der Waals surface area contributed by atoms with Gasteiger partial charge in [0.15, 0.2) is 5.96 Å². The molecule has 8 nitrogen and oxygen atoms in total. The van der Waals surface area contributed by atoms with Crippen molar-refractivity contribution in [3.8, 4) is 11.5 Å². The summed E-state index contributed by atoms with van der Waals surface area (Å²) in [5.74, 6) is 2.22. The van der Waals surface area contributed by atoms with Gasteiger partial charge in [0.05, 0.1) is 20.8 Å². The van der Waals surface area contributed by atoms with Crippen molar-refractivity contribution in [2.24, 2.45) is 4.99 Å². The van der Waals surface area contributed by atoms with Crippen LogP contribution in [-0.4, -0.2) is 50.7 Å². The molecule has 1 aliphatic rings. The maximum absolute atomic E-state index is 12.3. The molecule has 180 valence electrons. The third-order valence-corrected chi connectivity index (χ3v) is 5.28. The van der Waals surface area contributed by atoms with Crippen LogP contribution in [0.4, 0.5) is 10.5 Å². The van der Waals surface area contributed by atoms with Crippen LogP contribution in [0, 0.1) is 0 Å². The molecule has 0 unspecified atom stereocenters. The average Bonchev–Trinajstić information content (AvgIpc) is 3.36. The number of hydrogen-bond acceptors (Lipinski definition) is 4. The quantitative estimate of drug-likeness (QED) is 0.253. The number of hydrogen-bond donors (Lipinski definition) is 3. The largest absolute Gasteiger partial charge is 0.497 e. The zero-order valence-corrected chi connectivity index (χ0v) is 21.8. The Morgan fingerprint density at radius 3 is 2.55 bits per heavy atom. The van der Waals surface area contributed by atoms with Gasteiger partial charge in [0.1, 0.15) is 11.5 Å². The third-order valence-electron chi connectivity index (χ3n) is 5.28. The monoisotopic (exact) mass is 567 g/mol. The van der Waals surface area contributed by atoms with Gasteiger partial charge in [-0.25, -0.2) is 9.79 Å². The summed E-state index contributed by atoms with van der Waals surface area (Å²) in [6.07, 6.45) is 2.15. The second-order valence-electron chi connectivity index (χ2n) is 7.55. The van der Waals surface area contributed by atoms with Crippen molar-refractivity contribution in [3.63, 3.8) is 0 Å². The van der Waals surface area contributed by atoms with E-state index in [1.54, 1.807) is 14.2 Å². The molecule has 1 saturated heterocycles. The fourth-order valence-electron chi connectivity index (χ4n) is 3.56. The number of aliphatic imine (C=N–C) groups is 1. The maximum Gasteiger partial charge on any atom is 0.321 e. The molecule has 0 atom stereocenters. The molecule has 0 aromatic heterocycles. The molecule has 2 amide bonds. The zero-order chi connectivity index (χ0) is 22.8. The number of urea groups is 1. The molecule has 0 radical (unpaired) electrons. The molecule has 0 bridgehead atoms. The number of nitrogens with one attached hydrogen (secondary N) is 3. The van der Waals surface area contributed by atoms with Crippen LogP contribution in [0.1, 0.15) is 30.9 Å². The molecule has 0 spiro atoms. The molecule has 1 heterocycles. The van der Waals surface area contributed by atoms with E-state index in [-0.39, 0.29) is 30.0 Å². The Hall–Kier alpha value is -2.69. The number of benzene rings is 2. The van der Waals surface area contributed by atoms with Crippen molar-refractivity contribution in [1.82, 2.24) is 15.5 Å². The fourth-order valence-corrected chi connectivity index (χ4v) is 3.56. The van der Waals surface area contributed by atoms with Crippen LogP contribution in [0.3, 0.4) is 0 Å². The molecule has 3 rings (SSSR count). The Morgan fingerprint density at radius 1 is 1.06 bits per heavy atom. The van der Waals surface area contributed by atoms with E-state index in [4.69, 9.17) is 14.5 Å². The SMILES string of the molecule is CCNC(=NCc1cccc(NC(=O)N2CCCC2)c1)NCc1ccc(OC)cc1OC.I. The normalized spacial score (nSPS) is 13.2. The molecule has 33 heavy (non-hydrogen) atoms.